The van der Waals surface area contributed by atoms with Gasteiger partial charge in [0.2, 0.25) is 11.8 Å². The van der Waals surface area contributed by atoms with Crippen LogP contribution in [-0.4, -0.2) is 11.8 Å². The summed E-state index contributed by atoms with van der Waals surface area (Å²) >= 11 is 11.7. The van der Waals surface area contributed by atoms with E-state index in [1.54, 1.807) is 0 Å². The maximum atomic E-state index is 13.2. The molecular formula is C17H14Cl2F2N2O2. The molecule has 0 saturated carbocycles. The number of benzene rings is 2. The van der Waals surface area contributed by atoms with Crippen LogP contribution < -0.4 is 10.6 Å². The van der Waals surface area contributed by atoms with E-state index in [0.29, 0.717) is 15.7 Å². The summed E-state index contributed by atoms with van der Waals surface area (Å²) in [6.45, 7) is 2.79. The van der Waals surface area contributed by atoms with Gasteiger partial charge in [0, 0.05) is 27.5 Å². The average Bonchev–Trinajstić information content (AvgIpc) is 2.49. The van der Waals surface area contributed by atoms with Crippen LogP contribution in [-0.2, 0) is 9.59 Å². The van der Waals surface area contributed by atoms with Crippen molar-refractivity contribution >= 4 is 46.4 Å². The summed E-state index contributed by atoms with van der Waals surface area (Å²) in [5.74, 6) is -3.45. The highest BCUT2D eigenvalue weighted by molar-refractivity contribution is 6.35. The van der Waals surface area contributed by atoms with Gasteiger partial charge in [0.1, 0.15) is 5.41 Å². The van der Waals surface area contributed by atoms with Crippen LogP contribution in [0, 0.1) is 17.0 Å². The Balaban J connectivity index is 2.13. The summed E-state index contributed by atoms with van der Waals surface area (Å²) < 4.78 is 26.1. The van der Waals surface area contributed by atoms with E-state index in [0.717, 1.165) is 12.1 Å². The van der Waals surface area contributed by atoms with Crippen molar-refractivity contribution in [3.05, 3.63) is 58.1 Å². The molecule has 0 spiro atoms. The Labute approximate surface area is 153 Å². The van der Waals surface area contributed by atoms with Gasteiger partial charge in [-0.05, 0) is 44.2 Å². The van der Waals surface area contributed by atoms with Gasteiger partial charge < -0.3 is 10.6 Å². The third-order valence-electron chi connectivity index (χ3n) is 3.43. The van der Waals surface area contributed by atoms with Crippen molar-refractivity contribution in [1.29, 1.82) is 0 Å². The zero-order valence-electron chi connectivity index (χ0n) is 13.3. The fourth-order valence-electron chi connectivity index (χ4n) is 1.88. The molecule has 0 saturated heterocycles. The van der Waals surface area contributed by atoms with Gasteiger partial charge in [0.05, 0.1) is 0 Å². The molecule has 0 atom stereocenters. The van der Waals surface area contributed by atoms with Gasteiger partial charge in [-0.15, -0.1) is 0 Å². The molecule has 2 N–H and O–H groups in total. The highest BCUT2D eigenvalue weighted by atomic mass is 35.5. The molecule has 132 valence electrons. The number of hydrogen-bond donors (Lipinski definition) is 2. The number of halogens is 4. The molecule has 0 aromatic heterocycles. The molecule has 0 bridgehead atoms. The normalized spacial score (nSPS) is 11.1. The molecule has 2 aromatic carbocycles. The van der Waals surface area contributed by atoms with Crippen LogP contribution in [0.2, 0.25) is 10.0 Å². The Kier molecular flexibility index (Phi) is 5.65. The van der Waals surface area contributed by atoms with Gasteiger partial charge in [0.25, 0.3) is 0 Å². The highest BCUT2D eigenvalue weighted by Crippen LogP contribution is 2.26. The molecule has 25 heavy (non-hydrogen) atoms. The number of rotatable bonds is 4. The second-order valence-electron chi connectivity index (χ2n) is 5.82. The molecular weight excluding hydrogens is 373 g/mol. The Morgan fingerprint density at radius 1 is 0.840 bits per heavy atom. The zero-order chi connectivity index (χ0) is 18.8. The number of carbonyl (C=O) groups is 2. The van der Waals surface area contributed by atoms with Gasteiger partial charge in [-0.2, -0.15) is 0 Å². The summed E-state index contributed by atoms with van der Waals surface area (Å²) in [4.78, 5) is 24.8. The second-order valence-corrected chi connectivity index (χ2v) is 6.69. The van der Waals surface area contributed by atoms with Crippen LogP contribution in [0.1, 0.15) is 13.8 Å². The first-order valence-corrected chi connectivity index (χ1v) is 7.89. The maximum Gasteiger partial charge on any atom is 0.239 e. The van der Waals surface area contributed by atoms with E-state index in [-0.39, 0.29) is 5.69 Å². The Morgan fingerprint density at radius 2 is 1.36 bits per heavy atom. The number of amides is 2. The van der Waals surface area contributed by atoms with Gasteiger partial charge in [0.15, 0.2) is 11.6 Å². The molecule has 2 aromatic rings. The van der Waals surface area contributed by atoms with Gasteiger partial charge in [-0.1, -0.05) is 23.2 Å². The van der Waals surface area contributed by atoms with E-state index in [9.17, 15) is 18.4 Å². The van der Waals surface area contributed by atoms with Crippen LogP contribution in [0.15, 0.2) is 36.4 Å². The first kappa shape index (κ1) is 19.1. The van der Waals surface area contributed by atoms with Crippen molar-refractivity contribution in [3.63, 3.8) is 0 Å². The van der Waals surface area contributed by atoms with E-state index in [4.69, 9.17) is 23.2 Å². The number of hydrogen-bond acceptors (Lipinski definition) is 2. The smallest absolute Gasteiger partial charge is 0.239 e. The lowest BCUT2D eigenvalue weighted by atomic mass is 9.90. The SMILES string of the molecule is CC(C)(C(=O)Nc1cc(Cl)cc(Cl)c1)C(=O)Nc1ccc(F)c(F)c1. The molecule has 0 unspecified atom stereocenters. The Hall–Kier alpha value is -2.18. The predicted molar refractivity (Wildman–Crippen MR) is 93.9 cm³/mol. The fourth-order valence-corrected chi connectivity index (χ4v) is 2.40. The molecule has 8 heteroatoms. The Morgan fingerprint density at radius 3 is 1.88 bits per heavy atom. The van der Waals surface area contributed by atoms with E-state index in [2.05, 4.69) is 10.6 Å². The van der Waals surface area contributed by atoms with Crippen LogP contribution >= 0.6 is 23.2 Å². The molecule has 0 aliphatic rings. The average molecular weight is 387 g/mol. The van der Waals surface area contributed by atoms with Crippen molar-refractivity contribution in [2.75, 3.05) is 10.6 Å². The largest absolute Gasteiger partial charge is 0.325 e. The van der Waals surface area contributed by atoms with E-state index in [1.807, 2.05) is 0 Å². The van der Waals surface area contributed by atoms with Crippen LogP contribution in [0.3, 0.4) is 0 Å². The van der Waals surface area contributed by atoms with Crippen molar-refractivity contribution in [1.82, 2.24) is 0 Å². The number of nitrogens with one attached hydrogen (secondary N) is 2. The fraction of sp³-hybridized carbons (Fsp3) is 0.176. The lowest BCUT2D eigenvalue weighted by molar-refractivity contribution is -0.135. The van der Waals surface area contributed by atoms with Crippen LogP contribution in [0.5, 0.6) is 0 Å². The van der Waals surface area contributed by atoms with Gasteiger partial charge in [-0.3, -0.25) is 9.59 Å². The predicted octanol–water partition coefficient (Wildman–Crippen LogP) is 4.88. The zero-order valence-corrected chi connectivity index (χ0v) is 14.8. The summed E-state index contributed by atoms with van der Waals surface area (Å²) in [6, 6.07) is 7.37. The lowest BCUT2D eigenvalue weighted by Crippen LogP contribution is -2.41. The molecule has 2 amide bonds. The summed E-state index contributed by atoms with van der Waals surface area (Å²) in [5, 5.41) is 5.58. The third kappa shape index (κ3) is 4.67. The molecule has 0 aliphatic heterocycles. The van der Waals surface area contributed by atoms with Gasteiger partial charge in [-0.25, -0.2) is 8.78 Å². The first-order chi connectivity index (χ1) is 11.6. The maximum absolute atomic E-state index is 13.2. The van der Waals surface area contributed by atoms with Crippen LogP contribution in [0.4, 0.5) is 20.2 Å². The molecule has 2 rings (SSSR count). The molecule has 0 heterocycles. The topological polar surface area (TPSA) is 58.2 Å². The molecule has 0 radical (unpaired) electrons. The number of carbonyl (C=O) groups excluding carboxylic acids is 2. The highest BCUT2D eigenvalue weighted by Gasteiger charge is 2.36. The molecule has 0 fully saturated rings. The molecule has 0 aliphatic carbocycles. The molecule has 4 nitrogen and oxygen atoms in total. The van der Waals surface area contributed by atoms with Crippen molar-refractivity contribution in [2.45, 2.75) is 13.8 Å². The minimum Gasteiger partial charge on any atom is -0.325 e. The van der Waals surface area contributed by atoms with E-state index >= 15 is 0 Å². The lowest BCUT2D eigenvalue weighted by Gasteiger charge is -2.23. The van der Waals surface area contributed by atoms with E-state index < -0.39 is 28.9 Å². The summed E-state index contributed by atoms with van der Waals surface area (Å²) in [6.07, 6.45) is 0. The standard InChI is InChI=1S/C17H14Cl2F2N2O2/c1-17(2,15(24)22-11-3-4-13(20)14(21)8-11)16(25)23-12-6-9(18)5-10(19)7-12/h3-8H,1-2H3,(H,22,24)(H,23,25). The minimum atomic E-state index is -1.50. The number of anilines is 2. The third-order valence-corrected chi connectivity index (χ3v) is 3.87. The minimum absolute atomic E-state index is 0.0376. The summed E-state index contributed by atoms with van der Waals surface area (Å²) in [5.41, 5.74) is -1.13. The first-order valence-electron chi connectivity index (χ1n) is 7.13. The Bertz CT molecular complexity index is 821. The summed E-state index contributed by atoms with van der Waals surface area (Å²) in [7, 11) is 0. The van der Waals surface area contributed by atoms with Crippen molar-refractivity contribution < 1.29 is 18.4 Å². The quantitative estimate of drug-likeness (QED) is 0.735. The van der Waals surface area contributed by atoms with Crippen LogP contribution in [0.25, 0.3) is 0 Å². The van der Waals surface area contributed by atoms with Crippen molar-refractivity contribution in [2.24, 2.45) is 5.41 Å². The monoisotopic (exact) mass is 386 g/mol. The van der Waals surface area contributed by atoms with E-state index in [1.165, 1.54) is 38.1 Å². The van der Waals surface area contributed by atoms with Crippen molar-refractivity contribution in [3.8, 4) is 0 Å². The second kappa shape index (κ2) is 7.37. The van der Waals surface area contributed by atoms with Gasteiger partial charge >= 0.3 is 0 Å².